The summed E-state index contributed by atoms with van der Waals surface area (Å²) >= 11 is 3.20. The van der Waals surface area contributed by atoms with Gasteiger partial charge in [0.2, 0.25) is 0 Å². The molecule has 0 saturated carbocycles. The van der Waals surface area contributed by atoms with Crippen molar-refractivity contribution in [3.63, 3.8) is 0 Å². The number of nitrogens with zero attached hydrogens (tertiary/aromatic N) is 2. The average molecular weight is 373 g/mol. The normalized spacial score (nSPS) is 11.8. The molecule has 0 radical (unpaired) electrons. The minimum atomic E-state index is -0.814. The number of amides is 2. The Kier molecular flexibility index (Phi) is 5.56. The summed E-state index contributed by atoms with van der Waals surface area (Å²) in [4.78, 5) is 29.5. The van der Waals surface area contributed by atoms with Gasteiger partial charge in [0.1, 0.15) is 15.8 Å². The van der Waals surface area contributed by atoms with Crippen LogP contribution < -0.4 is 4.90 Å². The van der Waals surface area contributed by atoms with E-state index >= 15 is 0 Å². The lowest BCUT2D eigenvalue weighted by Gasteiger charge is -2.28. The Hall–Kier alpha value is -1.63. The van der Waals surface area contributed by atoms with Crippen molar-refractivity contribution in [2.45, 2.75) is 52.7 Å². The highest BCUT2D eigenvalue weighted by Gasteiger charge is 2.32. The van der Waals surface area contributed by atoms with Gasteiger partial charge in [-0.15, -0.1) is 0 Å². The maximum absolute atomic E-state index is 12.3. The Labute approximate surface area is 138 Å². The molecule has 0 saturated heterocycles. The zero-order valence-electron chi connectivity index (χ0n) is 13.6. The molecule has 7 heteroatoms. The molecule has 0 aromatic carbocycles. The first kappa shape index (κ1) is 18.4. The SMILES string of the molecule is CC(C)(C)OC(=O)N(C(=O)OC(C)(C)C)c1ccc(Br)nc1. The van der Waals surface area contributed by atoms with Crippen LogP contribution in [0.25, 0.3) is 0 Å². The van der Waals surface area contributed by atoms with E-state index < -0.39 is 23.4 Å². The molecule has 0 N–H and O–H groups in total. The number of carbonyl (C=O) groups excluding carboxylic acids is 2. The van der Waals surface area contributed by atoms with Crippen LogP contribution >= 0.6 is 15.9 Å². The van der Waals surface area contributed by atoms with Crippen molar-refractivity contribution in [2.24, 2.45) is 0 Å². The van der Waals surface area contributed by atoms with Crippen LogP contribution in [-0.4, -0.2) is 28.4 Å². The quantitative estimate of drug-likeness (QED) is 0.677. The number of pyridine rings is 1. The highest BCUT2D eigenvalue weighted by molar-refractivity contribution is 9.10. The first-order valence-electron chi connectivity index (χ1n) is 6.77. The van der Waals surface area contributed by atoms with E-state index in [4.69, 9.17) is 9.47 Å². The molecule has 0 aliphatic carbocycles. The highest BCUT2D eigenvalue weighted by Crippen LogP contribution is 2.22. The van der Waals surface area contributed by atoms with E-state index in [0.29, 0.717) is 4.60 Å². The van der Waals surface area contributed by atoms with Gasteiger partial charge in [-0.1, -0.05) is 0 Å². The van der Waals surface area contributed by atoms with E-state index in [-0.39, 0.29) is 5.69 Å². The molecule has 0 aliphatic rings. The number of imide groups is 1. The van der Waals surface area contributed by atoms with Crippen LogP contribution in [0.2, 0.25) is 0 Å². The minimum absolute atomic E-state index is 0.270. The number of rotatable bonds is 1. The van der Waals surface area contributed by atoms with E-state index in [9.17, 15) is 9.59 Å². The van der Waals surface area contributed by atoms with Gasteiger partial charge in [-0.05, 0) is 69.6 Å². The monoisotopic (exact) mass is 372 g/mol. The molecule has 0 aliphatic heterocycles. The van der Waals surface area contributed by atoms with Crippen LogP contribution in [0, 0.1) is 0 Å². The van der Waals surface area contributed by atoms with Crippen LogP contribution in [0.15, 0.2) is 22.9 Å². The van der Waals surface area contributed by atoms with Gasteiger partial charge in [-0.3, -0.25) is 0 Å². The predicted octanol–water partition coefficient (Wildman–Crippen LogP) is 4.52. The molecule has 0 spiro atoms. The molecule has 122 valence electrons. The maximum atomic E-state index is 12.3. The Morgan fingerprint density at radius 2 is 1.45 bits per heavy atom. The van der Waals surface area contributed by atoms with Crippen molar-refractivity contribution < 1.29 is 19.1 Å². The summed E-state index contributed by atoms with van der Waals surface area (Å²) in [5, 5.41) is 0. The Balaban J connectivity index is 3.12. The summed E-state index contributed by atoms with van der Waals surface area (Å²) in [5.41, 5.74) is -1.20. The van der Waals surface area contributed by atoms with Crippen molar-refractivity contribution in [1.29, 1.82) is 0 Å². The first-order valence-corrected chi connectivity index (χ1v) is 7.56. The molecular formula is C15H21BrN2O4. The summed E-state index contributed by atoms with van der Waals surface area (Å²) in [7, 11) is 0. The fourth-order valence-electron chi connectivity index (χ4n) is 1.40. The molecule has 0 atom stereocenters. The summed E-state index contributed by atoms with van der Waals surface area (Å²) in [6, 6.07) is 3.20. The summed E-state index contributed by atoms with van der Waals surface area (Å²) in [6.45, 7) is 10.3. The number of hydrogen-bond acceptors (Lipinski definition) is 5. The predicted molar refractivity (Wildman–Crippen MR) is 86.9 cm³/mol. The van der Waals surface area contributed by atoms with Crippen LogP contribution in [0.5, 0.6) is 0 Å². The van der Waals surface area contributed by atoms with Crippen LogP contribution in [0.3, 0.4) is 0 Å². The largest absolute Gasteiger partial charge is 0.443 e. The van der Waals surface area contributed by atoms with E-state index in [2.05, 4.69) is 20.9 Å². The second kappa shape index (κ2) is 6.64. The molecule has 22 heavy (non-hydrogen) atoms. The number of anilines is 1. The zero-order chi connectivity index (χ0) is 17.1. The van der Waals surface area contributed by atoms with Crippen molar-refractivity contribution >= 4 is 33.8 Å². The Morgan fingerprint density at radius 3 is 1.77 bits per heavy atom. The van der Waals surface area contributed by atoms with Gasteiger partial charge in [0, 0.05) is 0 Å². The van der Waals surface area contributed by atoms with Crippen molar-refractivity contribution in [2.75, 3.05) is 4.90 Å². The second-order valence-corrected chi connectivity index (χ2v) is 7.45. The second-order valence-electron chi connectivity index (χ2n) is 6.64. The lowest BCUT2D eigenvalue weighted by Crippen LogP contribution is -2.43. The third-order valence-electron chi connectivity index (χ3n) is 2.12. The molecule has 1 aromatic heterocycles. The van der Waals surface area contributed by atoms with Gasteiger partial charge < -0.3 is 9.47 Å². The fourth-order valence-corrected chi connectivity index (χ4v) is 1.64. The Bertz CT molecular complexity index is 516. The molecular weight excluding hydrogens is 352 g/mol. The van der Waals surface area contributed by atoms with Crippen molar-refractivity contribution in [1.82, 2.24) is 4.98 Å². The van der Waals surface area contributed by atoms with Gasteiger partial charge in [0.25, 0.3) is 0 Å². The van der Waals surface area contributed by atoms with E-state index in [0.717, 1.165) is 4.90 Å². The number of hydrogen-bond donors (Lipinski definition) is 0. The van der Waals surface area contributed by atoms with E-state index in [1.54, 1.807) is 53.7 Å². The van der Waals surface area contributed by atoms with E-state index in [1.807, 2.05) is 0 Å². The zero-order valence-corrected chi connectivity index (χ0v) is 15.2. The van der Waals surface area contributed by atoms with Gasteiger partial charge in [0.15, 0.2) is 0 Å². The average Bonchev–Trinajstić information content (AvgIpc) is 2.27. The Morgan fingerprint density at radius 1 is 1.00 bits per heavy atom. The summed E-state index contributed by atoms with van der Waals surface area (Å²) in [5.74, 6) is 0. The molecule has 1 heterocycles. The third kappa shape index (κ3) is 6.01. The van der Waals surface area contributed by atoms with Gasteiger partial charge in [-0.25, -0.2) is 14.6 Å². The molecule has 6 nitrogen and oxygen atoms in total. The molecule has 2 amide bonds. The van der Waals surface area contributed by atoms with Crippen molar-refractivity contribution in [3.05, 3.63) is 22.9 Å². The van der Waals surface area contributed by atoms with Crippen LogP contribution in [0.4, 0.5) is 15.3 Å². The lowest BCUT2D eigenvalue weighted by molar-refractivity contribution is 0.0430. The number of ether oxygens (including phenoxy) is 2. The molecule has 0 unspecified atom stereocenters. The maximum Gasteiger partial charge on any atom is 0.424 e. The number of carbonyl (C=O) groups is 2. The van der Waals surface area contributed by atoms with Gasteiger partial charge in [-0.2, -0.15) is 4.90 Å². The van der Waals surface area contributed by atoms with Crippen LogP contribution in [0.1, 0.15) is 41.5 Å². The summed E-state index contributed by atoms with van der Waals surface area (Å²) < 4.78 is 11.1. The third-order valence-corrected chi connectivity index (χ3v) is 2.59. The fraction of sp³-hybridized carbons (Fsp3) is 0.533. The summed E-state index contributed by atoms with van der Waals surface area (Å²) in [6.07, 6.45) is -0.241. The topological polar surface area (TPSA) is 68.7 Å². The lowest BCUT2D eigenvalue weighted by atomic mass is 10.2. The van der Waals surface area contributed by atoms with Gasteiger partial charge in [0.05, 0.1) is 11.9 Å². The standard InChI is InChI=1S/C15H21BrN2O4/c1-14(2,3)21-12(19)18(13(20)22-15(4,5)6)10-7-8-11(16)17-9-10/h7-9H,1-6H3. The smallest absolute Gasteiger partial charge is 0.424 e. The minimum Gasteiger partial charge on any atom is -0.443 e. The van der Waals surface area contributed by atoms with Gasteiger partial charge >= 0.3 is 12.2 Å². The number of aromatic nitrogens is 1. The van der Waals surface area contributed by atoms with Crippen molar-refractivity contribution in [3.8, 4) is 0 Å². The molecule has 1 rings (SSSR count). The van der Waals surface area contributed by atoms with Crippen LogP contribution in [-0.2, 0) is 9.47 Å². The molecule has 0 bridgehead atoms. The highest BCUT2D eigenvalue weighted by atomic mass is 79.9. The first-order chi connectivity index (χ1) is 9.89. The number of halogens is 1. The molecule has 0 fully saturated rings. The van der Waals surface area contributed by atoms with E-state index in [1.165, 1.54) is 6.20 Å². The molecule has 1 aromatic rings.